The van der Waals surface area contributed by atoms with Crippen LogP contribution < -0.4 is 0 Å². The Hall–Kier alpha value is -1.03. The molecule has 0 aromatic rings. The molecule has 104 valence electrons. The fraction of sp³-hybridized carbons (Fsp3) is 0.533. The third kappa shape index (κ3) is 3.11. The first-order valence-corrected chi connectivity index (χ1v) is 7.52. The molecule has 0 saturated carbocycles. The van der Waals surface area contributed by atoms with Crippen molar-refractivity contribution in [3.05, 3.63) is 34.5 Å². The highest BCUT2D eigenvalue weighted by Gasteiger charge is 2.37. The number of hydrogen-bond donors (Lipinski definition) is 0. The number of carbonyl (C=O) groups excluding carboxylic acids is 1. The van der Waals surface area contributed by atoms with Crippen molar-refractivity contribution in [2.45, 2.75) is 26.2 Å². The summed E-state index contributed by atoms with van der Waals surface area (Å²) < 4.78 is 6.29. The van der Waals surface area contributed by atoms with Gasteiger partial charge in [-0.25, -0.2) is 0 Å². The van der Waals surface area contributed by atoms with Crippen molar-refractivity contribution in [3.63, 3.8) is 0 Å². The number of nitrogens with zero attached hydrogens (tertiary/aromatic N) is 1. The van der Waals surface area contributed by atoms with E-state index in [-0.39, 0.29) is 5.97 Å². The van der Waals surface area contributed by atoms with Gasteiger partial charge in [0.05, 0.1) is 6.61 Å². The van der Waals surface area contributed by atoms with Crippen LogP contribution in [-0.4, -0.2) is 31.1 Å². The van der Waals surface area contributed by atoms with Crippen molar-refractivity contribution < 1.29 is 9.53 Å². The lowest BCUT2D eigenvalue weighted by molar-refractivity contribution is -0.149. The Balaban J connectivity index is 2.30. The minimum atomic E-state index is -0.638. The Morgan fingerprint density at radius 2 is 2.42 bits per heavy atom. The van der Waals surface area contributed by atoms with E-state index in [2.05, 4.69) is 34.0 Å². The van der Waals surface area contributed by atoms with Gasteiger partial charge < -0.3 is 9.64 Å². The van der Waals surface area contributed by atoms with Gasteiger partial charge >= 0.3 is 5.97 Å². The molecule has 0 spiro atoms. The quantitative estimate of drug-likeness (QED) is 0.745. The molecule has 1 unspecified atom stereocenters. The molecule has 1 heterocycles. The minimum Gasteiger partial charge on any atom is -0.465 e. The van der Waals surface area contributed by atoms with E-state index in [0.29, 0.717) is 13.0 Å². The molecule has 0 bridgehead atoms. The molecule has 19 heavy (non-hydrogen) atoms. The van der Waals surface area contributed by atoms with Crippen molar-refractivity contribution in [2.24, 2.45) is 5.41 Å². The topological polar surface area (TPSA) is 29.5 Å². The van der Waals surface area contributed by atoms with E-state index in [1.54, 1.807) is 0 Å². The van der Waals surface area contributed by atoms with Gasteiger partial charge in [0.25, 0.3) is 0 Å². The molecule has 0 amide bonds. The van der Waals surface area contributed by atoms with E-state index in [1.165, 1.54) is 5.70 Å². The molecule has 1 aliphatic carbocycles. The normalized spacial score (nSPS) is 28.7. The number of carbonyl (C=O) groups is 1. The second kappa shape index (κ2) is 5.95. The van der Waals surface area contributed by atoms with Crippen LogP contribution in [-0.2, 0) is 9.53 Å². The highest BCUT2D eigenvalue weighted by atomic mass is 79.9. The van der Waals surface area contributed by atoms with Crippen molar-refractivity contribution in [2.75, 3.05) is 20.2 Å². The summed E-state index contributed by atoms with van der Waals surface area (Å²) in [5.41, 5.74) is 0.602. The standard InChI is InChI=1S/C15H20BrNO2/c1-3-19-14(18)15(8-6-12(16)7-9-15)11-13-5-4-10-17(13)2/h6-8,11H,3-5,9-10H2,1-2H3. The van der Waals surface area contributed by atoms with Crippen LogP contribution >= 0.6 is 15.9 Å². The Morgan fingerprint density at radius 1 is 1.63 bits per heavy atom. The Morgan fingerprint density at radius 3 is 2.95 bits per heavy atom. The molecule has 3 nitrogen and oxygen atoms in total. The maximum atomic E-state index is 12.3. The monoisotopic (exact) mass is 325 g/mol. The molecule has 1 atom stereocenters. The molecule has 4 heteroatoms. The van der Waals surface area contributed by atoms with Gasteiger partial charge in [-0.1, -0.05) is 34.2 Å². The number of esters is 1. The zero-order valence-electron chi connectivity index (χ0n) is 11.5. The smallest absolute Gasteiger partial charge is 0.320 e. The highest BCUT2D eigenvalue weighted by Crippen LogP contribution is 2.37. The molecule has 1 aliphatic heterocycles. The molecule has 0 N–H and O–H groups in total. The van der Waals surface area contributed by atoms with Crippen LogP contribution in [0.15, 0.2) is 34.5 Å². The molecule has 0 radical (unpaired) electrons. The summed E-state index contributed by atoms with van der Waals surface area (Å²) >= 11 is 3.44. The third-order valence-electron chi connectivity index (χ3n) is 3.67. The van der Waals surface area contributed by atoms with Crippen molar-refractivity contribution in [3.8, 4) is 0 Å². The number of hydrogen-bond acceptors (Lipinski definition) is 3. The molecule has 2 aliphatic rings. The fourth-order valence-corrected chi connectivity index (χ4v) is 2.82. The summed E-state index contributed by atoms with van der Waals surface area (Å²) in [5, 5.41) is 0. The first-order valence-electron chi connectivity index (χ1n) is 6.72. The lowest BCUT2D eigenvalue weighted by atomic mass is 9.80. The van der Waals surface area contributed by atoms with Gasteiger partial charge in [0.15, 0.2) is 0 Å². The second-order valence-electron chi connectivity index (χ2n) is 5.05. The Labute approximate surface area is 123 Å². The number of halogens is 1. The first kappa shape index (κ1) is 14.4. The fourth-order valence-electron chi connectivity index (χ4n) is 2.53. The summed E-state index contributed by atoms with van der Waals surface area (Å²) in [5.74, 6) is -0.157. The lowest BCUT2D eigenvalue weighted by Crippen LogP contribution is -2.31. The predicted molar refractivity (Wildman–Crippen MR) is 79.8 cm³/mol. The zero-order valence-corrected chi connectivity index (χ0v) is 13.1. The summed E-state index contributed by atoms with van der Waals surface area (Å²) in [4.78, 5) is 14.6. The van der Waals surface area contributed by atoms with Gasteiger partial charge in [-0.2, -0.15) is 0 Å². The SMILES string of the molecule is CCOC(=O)C1(C=C2CCCN2C)C=CC(Br)=CC1. The minimum absolute atomic E-state index is 0.157. The van der Waals surface area contributed by atoms with Crippen LogP contribution in [0.25, 0.3) is 0 Å². The van der Waals surface area contributed by atoms with E-state index in [1.807, 2.05) is 25.2 Å². The van der Waals surface area contributed by atoms with Gasteiger partial charge in [-0.3, -0.25) is 4.79 Å². The highest BCUT2D eigenvalue weighted by molar-refractivity contribution is 9.11. The Kier molecular flexibility index (Phi) is 4.50. The lowest BCUT2D eigenvalue weighted by Gasteiger charge is -2.28. The molecule has 1 fully saturated rings. The predicted octanol–water partition coefficient (Wildman–Crippen LogP) is 3.38. The second-order valence-corrected chi connectivity index (χ2v) is 5.96. The molecular weight excluding hydrogens is 306 g/mol. The number of likely N-dealkylation sites (tertiary alicyclic amines) is 1. The zero-order chi connectivity index (χ0) is 13.9. The molecule has 1 saturated heterocycles. The average molecular weight is 326 g/mol. The molecular formula is C15H20BrNO2. The van der Waals surface area contributed by atoms with Gasteiger partial charge in [0.2, 0.25) is 0 Å². The number of ether oxygens (including phenoxy) is 1. The van der Waals surface area contributed by atoms with E-state index in [4.69, 9.17) is 4.74 Å². The van der Waals surface area contributed by atoms with Crippen LogP contribution in [0.5, 0.6) is 0 Å². The number of allylic oxidation sites excluding steroid dienone is 4. The Bertz CT molecular complexity index is 453. The third-order valence-corrected chi connectivity index (χ3v) is 4.26. The summed E-state index contributed by atoms with van der Waals surface area (Å²) in [6.45, 7) is 3.32. The molecule has 2 rings (SSSR count). The maximum absolute atomic E-state index is 12.3. The first-order chi connectivity index (χ1) is 9.07. The van der Waals surface area contributed by atoms with Crippen LogP contribution in [0.2, 0.25) is 0 Å². The van der Waals surface area contributed by atoms with Gasteiger partial charge in [0.1, 0.15) is 5.41 Å². The van der Waals surface area contributed by atoms with Crippen LogP contribution in [0.4, 0.5) is 0 Å². The van der Waals surface area contributed by atoms with Gasteiger partial charge in [0, 0.05) is 23.8 Å². The van der Waals surface area contributed by atoms with E-state index in [0.717, 1.165) is 23.9 Å². The van der Waals surface area contributed by atoms with Crippen LogP contribution in [0.1, 0.15) is 26.2 Å². The van der Waals surface area contributed by atoms with E-state index in [9.17, 15) is 4.79 Å². The van der Waals surface area contributed by atoms with E-state index >= 15 is 0 Å². The average Bonchev–Trinajstić information content (AvgIpc) is 2.78. The molecule has 0 aromatic carbocycles. The van der Waals surface area contributed by atoms with Crippen molar-refractivity contribution in [1.82, 2.24) is 4.90 Å². The number of rotatable bonds is 3. The van der Waals surface area contributed by atoms with E-state index < -0.39 is 5.41 Å². The summed E-state index contributed by atoms with van der Waals surface area (Å²) in [6.07, 6.45) is 10.9. The van der Waals surface area contributed by atoms with Crippen LogP contribution in [0.3, 0.4) is 0 Å². The molecule has 0 aromatic heterocycles. The van der Waals surface area contributed by atoms with Gasteiger partial charge in [-0.15, -0.1) is 0 Å². The largest absolute Gasteiger partial charge is 0.465 e. The summed E-state index contributed by atoms with van der Waals surface area (Å²) in [6, 6.07) is 0. The van der Waals surface area contributed by atoms with Crippen molar-refractivity contribution >= 4 is 21.9 Å². The van der Waals surface area contributed by atoms with Crippen molar-refractivity contribution in [1.29, 1.82) is 0 Å². The van der Waals surface area contributed by atoms with Crippen LogP contribution in [0, 0.1) is 5.41 Å². The maximum Gasteiger partial charge on any atom is 0.320 e. The summed E-state index contributed by atoms with van der Waals surface area (Å²) in [7, 11) is 2.08. The van der Waals surface area contributed by atoms with Gasteiger partial charge in [-0.05, 0) is 32.3 Å².